The van der Waals surface area contributed by atoms with E-state index in [1.54, 1.807) is 36.2 Å². The molecule has 0 saturated heterocycles. The second-order valence-electron chi connectivity index (χ2n) is 5.68. The third-order valence-electron chi connectivity index (χ3n) is 3.45. The molecule has 0 aliphatic rings. The molecule has 1 atom stereocenters. The van der Waals surface area contributed by atoms with Crippen molar-refractivity contribution in [3.05, 3.63) is 29.8 Å². The van der Waals surface area contributed by atoms with E-state index in [1.807, 2.05) is 0 Å². The fraction of sp³-hybridized carbons (Fsp3) is 0.500. The monoisotopic (exact) mass is 327 g/mol. The second kappa shape index (κ2) is 9.43. The summed E-state index contributed by atoms with van der Waals surface area (Å²) in [5, 5.41) is 2.67. The van der Waals surface area contributed by atoms with Crippen molar-refractivity contribution in [2.45, 2.75) is 33.2 Å². The summed E-state index contributed by atoms with van der Waals surface area (Å²) in [6, 6.07) is 6.98. The predicted molar refractivity (Wildman–Crippen MR) is 92.4 cm³/mol. The summed E-state index contributed by atoms with van der Waals surface area (Å²) in [4.78, 5) is 24.9. The highest BCUT2D eigenvalue weighted by Gasteiger charge is 2.14. The van der Waals surface area contributed by atoms with E-state index in [4.69, 9.17) is 5.73 Å². The van der Waals surface area contributed by atoms with Crippen LogP contribution >= 0.6 is 12.4 Å². The number of benzene rings is 1. The molecule has 0 aromatic heterocycles. The van der Waals surface area contributed by atoms with Gasteiger partial charge in [-0.05, 0) is 36.6 Å². The van der Waals surface area contributed by atoms with Crippen molar-refractivity contribution in [3.63, 3.8) is 0 Å². The lowest BCUT2D eigenvalue weighted by molar-refractivity contribution is -0.114. The summed E-state index contributed by atoms with van der Waals surface area (Å²) >= 11 is 0. The highest BCUT2D eigenvalue weighted by atomic mass is 35.5. The molecular weight excluding hydrogens is 302 g/mol. The summed E-state index contributed by atoms with van der Waals surface area (Å²) in [6.45, 7) is 6.23. The molecule has 124 valence electrons. The maximum absolute atomic E-state index is 12.3. The molecule has 2 amide bonds. The van der Waals surface area contributed by atoms with E-state index in [0.717, 1.165) is 6.42 Å². The van der Waals surface area contributed by atoms with Crippen molar-refractivity contribution in [1.82, 2.24) is 4.90 Å². The molecule has 5 nitrogen and oxygen atoms in total. The van der Waals surface area contributed by atoms with Crippen LogP contribution in [0.25, 0.3) is 0 Å². The smallest absolute Gasteiger partial charge is 0.253 e. The number of nitrogens with one attached hydrogen (secondary N) is 1. The Bertz CT molecular complexity index is 489. The molecule has 0 aliphatic heterocycles. The van der Waals surface area contributed by atoms with Gasteiger partial charge in [0.25, 0.3) is 5.91 Å². The SMILES string of the molecule is CC(=O)Nc1ccc(C(=O)N(C)CCC(N)C(C)C)cc1.Cl. The molecular formula is C16H26ClN3O2. The summed E-state index contributed by atoms with van der Waals surface area (Å²) < 4.78 is 0. The van der Waals surface area contributed by atoms with Gasteiger partial charge >= 0.3 is 0 Å². The number of hydrogen-bond donors (Lipinski definition) is 2. The number of carbonyl (C=O) groups is 2. The van der Waals surface area contributed by atoms with E-state index in [0.29, 0.717) is 23.7 Å². The molecule has 0 radical (unpaired) electrons. The van der Waals surface area contributed by atoms with Crippen LogP contribution in [-0.2, 0) is 4.79 Å². The fourth-order valence-corrected chi connectivity index (χ4v) is 1.90. The van der Waals surface area contributed by atoms with Crippen molar-refractivity contribution in [1.29, 1.82) is 0 Å². The molecule has 6 heteroatoms. The largest absolute Gasteiger partial charge is 0.342 e. The third-order valence-corrected chi connectivity index (χ3v) is 3.45. The van der Waals surface area contributed by atoms with Gasteiger partial charge in [-0.2, -0.15) is 0 Å². The average Bonchev–Trinajstić information content (AvgIpc) is 2.43. The number of rotatable bonds is 6. The van der Waals surface area contributed by atoms with E-state index in [-0.39, 0.29) is 30.3 Å². The van der Waals surface area contributed by atoms with E-state index in [2.05, 4.69) is 19.2 Å². The molecule has 0 fully saturated rings. The number of amides is 2. The topological polar surface area (TPSA) is 75.4 Å². The number of halogens is 1. The van der Waals surface area contributed by atoms with Crippen LogP contribution in [0.15, 0.2) is 24.3 Å². The van der Waals surface area contributed by atoms with E-state index in [9.17, 15) is 9.59 Å². The number of nitrogens with two attached hydrogens (primary N) is 1. The number of carbonyl (C=O) groups excluding carboxylic acids is 2. The van der Waals surface area contributed by atoms with Crippen LogP contribution in [0, 0.1) is 5.92 Å². The quantitative estimate of drug-likeness (QED) is 0.843. The van der Waals surface area contributed by atoms with Gasteiger partial charge in [-0.3, -0.25) is 9.59 Å². The number of nitrogens with zero attached hydrogens (tertiary/aromatic N) is 1. The molecule has 1 aromatic carbocycles. The Morgan fingerprint density at radius 1 is 1.23 bits per heavy atom. The zero-order chi connectivity index (χ0) is 16.0. The van der Waals surface area contributed by atoms with Crippen LogP contribution in [0.4, 0.5) is 5.69 Å². The average molecular weight is 328 g/mol. The lowest BCUT2D eigenvalue weighted by Crippen LogP contribution is -2.34. The Morgan fingerprint density at radius 2 is 1.77 bits per heavy atom. The molecule has 0 heterocycles. The first-order valence-electron chi connectivity index (χ1n) is 7.20. The van der Waals surface area contributed by atoms with Crippen LogP contribution in [0.5, 0.6) is 0 Å². The first-order valence-corrected chi connectivity index (χ1v) is 7.20. The summed E-state index contributed by atoms with van der Waals surface area (Å²) in [7, 11) is 1.77. The minimum Gasteiger partial charge on any atom is -0.342 e. The van der Waals surface area contributed by atoms with Crippen molar-refractivity contribution < 1.29 is 9.59 Å². The summed E-state index contributed by atoms with van der Waals surface area (Å²) in [6.07, 6.45) is 0.782. The lowest BCUT2D eigenvalue weighted by atomic mass is 10.0. The van der Waals surface area contributed by atoms with Gasteiger partial charge < -0.3 is 16.0 Å². The van der Waals surface area contributed by atoms with Gasteiger partial charge in [0.2, 0.25) is 5.91 Å². The number of hydrogen-bond acceptors (Lipinski definition) is 3. The van der Waals surface area contributed by atoms with Crippen LogP contribution < -0.4 is 11.1 Å². The predicted octanol–water partition coefficient (Wildman–Crippen LogP) is 2.51. The maximum atomic E-state index is 12.3. The minimum atomic E-state index is -0.131. The highest BCUT2D eigenvalue weighted by Crippen LogP contribution is 2.12. The molecule has 1 rings (SSSR count). The second-order valence-corrected chi connectivity index (χ2v) is 5.68. The Hall–Kier alpha value is -1.59. The Balaban J connectivity index is 0.00000441. The molecule has 3 N–H and O–H groups in total. The van der Waals surface area contributed by atoms with E-state index < -0.39 is 0 Å². The maximum Gasteiger partial charge on any atom is 0.253 e. The van der Waals surface area contributed by atoms with Crippen molar-refractivity contribution >= 4 is 29.9 Å². The third kappa shape index (κ3) is 6.45. The molecule has 0 saturated carbocycles. The summed E-state index contributed by atoms with van der Waals surface area (Å²) in [5.74, 6) is 0.236. The normalized spacial score (nSPS) is 11.5. The van der Waals surface area contributed by atoms with Crippen molar-refractivity contribution in [2.24, 2.45) is 11.7 Å². The fourth-order valence-electron chi connectivity index (χ4n) is 1.90. The standard InChI is InChI=1S/C16H25N3O2.ClH/c1-11(2)15(17)9-10-19(4)16(21)13-5-7-14(8-6-13)18-12(3)20;/h5-8,11,15H,9-10,17H2,1-4H3,(H,18,20);1H. The van der Waals surface area contributed by atoms with Gasteiger partial charge in [0, 0.05) is 37.8 Å². The van der Waals surface area contributed by atoms with Gasteiger partial charge in [-0.15, -0.1) is 12.4 Å². The molecule has 1 aromatic rings. The molecule has 22 heavy (non-hydrogen) atoms. The zero-order valence-corrected chi connectivity index (χ0v) is 14.4. The van der Waals surface area contributed by atoms with Gasteiger partial charge in [0.15, 0.2) is 0 Å². The van der Waals surface area contributed by atoms with Crippen LogP contribution in [-0.4, -0.2) is 36.3 Å². The van der Waals surface area contributed by atoms with Crippen LogP contribution in [0.2, 0.25) is 0 Å². The first kappa shape index (κ1) is 20.4. The molecule has 0 spiro atoms. The Kier molecular flexibility index (Phi) is 8.75. The van der Waals surface area contributed by atoms with Gasteiger partial charge in [-0.1, -0.05) is 13.8 Å². The molecule has 0 aliphatic carbocycles. The number of anilines is 1. The van der Waals surface area contributed by atoms with Gasteiger partial charge in [0.05, 0.1) is 0 Å². The van der Waals surface area contributed by atoms with Crippen molar-refractivity contribution in [3.8, 4) is 0 Å². The van der Waals surface area contributed by atoms with E-state index in [1.165, 1.54) is 6.92 Å². The lowest BCUT2D eigenvalue weighted by Gasteiger charge is -2.21. The molecule has 0 bridgehead atoms. The van der Waals surface area contributed by atoms with Crippen LogP contribution in [0.3, 0.4) is 0 Å². The van der Waals surface area contributed by atoms with E-state index >= 15 is 0 Å². The highest BCUT2D eigenvalue weighted by molar-refractivity contribution is 5.95. The first-order chi connectivity index (χ1) is 9.81. The van der Waals surface area contributed by atoms with Crippen LogP contribution in [0.1, 0.15) is 37.6 Å². The Labute approximate surface area is 138 Å². The van der Waals surface area contributed by atoms with Crippen molar-refractivity contribution in [2.75, 3.05) is 18.9 Å². The minimum absolute atomic E-state index is 0. The molecule has 1 unspecified atom stereocenters. The van der Waals surface area contributed by atoms with Gasteiger partial charge in [0.1, 0.15) is 0 Å². The summed E-state index contributed by atoms with van der Waals surface area (Å²) in [5.41, 5.74) is 7.28. The zero-order valence-electron chi connectivity index (χ0n) is 13.6. The Morgan fingerprint density at radius 3 is 2.23 bits per heavy atom. The van der Waals surface area contributed by atoms with Gasteiger partial charge in [-0.25, -0.2) is 0 Å².